The fourth-order valence-electron chi connectivity index (χ4n) is 3.52. The third kappa shape index (κ3) is 3.22. The lowest BCUT2D eigenvalue weighted by Crippen LogP contribution is -2.26. The predicted molar refractivity (Wildman–Crippen MR) is 110 cm³/mol. The zero-order valence-electron chi connectivity index (χ0n) is 14.6. The maximum atomic E-state index is 14.0. The molecule has 1 aliphatic heterocycles. The van der Waals surface area contributed by atoms with Crippen molar-refractivity contribution in [3.8, 4) is 0 Å². The molecule has 1 atom stereocenters. The summed E-state index contributed by atoms with van der Waals surface area (Å²) in [5, 5.41) is 0.806. The molecule has 0 saturated carbocycles. The second kappa shape index (κ2) is 6.97. The zero-order chi connectivity index (χ0) is 20.1. The Labute approximate surface area is 172 Å². The Morgan fingerprint density at radius 3 is 2.50 bits per heavy atom. The molecule has 3 aromatic rings. The van der Waals surface area contributed by atoms with Gasteiger partial charge in [-0.15, -0.1) is 0 Å². The van der Waals surface area contributed by atoms with Crippen LogP contribution in [0.3, 0.4) is 0 Å². The number of hydrogen-bond donors (Lipinski definition) is 0. The van der Waals surface area contributed by atoms with Gasteiger partial charge in [-0.2, -0.15) is 13.2 Å². The standard InChI is InChI=1S/C20H14BrClF3N3/c1-27-16-8-5-13(22)11-15(16)17(18(27)20(23,24)25)19-26-9-2-10-28(19)14-6-3-12(21)4-7-14/h2-11,19H,1H3. The van der Waals surface area contributed by atoms with Crippen LogP contribution in [0.15, 0.2) is 64.2 Å². The van der Waals surface area contributed by atoms with Crippen LogP contribution in [0.25, 0.3) is 10.9 Å². The maximum Gasteiger partial charge on any atom is 0.431 e. The van der Waals surface area contributed by atoms with Crippen molar-refractivity contribution >= 4 is 50.3 Å². The molecule has 0 bridgehead atoms. The molecule has 0 aliphatic carbocycles. The molecule has 0 saturated heterocycles. The van der Waals surface area contributed by atoms with Crippen LogP contribution in [-0.2, 0) is 13.2 Å². The quantitative estimate of drug-likeness (QED) is 0.409. The third-order valence-electron chi connectivity index (χ3n) is 4.68. The summed E-state index contributed by atoms with van der Waals surface area (Å²) in [5.41, 5.74) is 0.529. The molecule has 3 nitrogen and oxygen atoms in total. The summed E-state index contributed by atoms with van der Waals surface area (Å²) in [6.07, 6.45) is -0.472. The first-order valence-electron chi connectivity index (χ1n) is 8.36. The van der Waals surface area contributed by atoms with Crippen molar-refractivity contribution < 1.29 is 13.2 Å². The molecule has 4 rings (SSSR count). The highest BCUT2D eigenvalue weighted by atomic mass is 79.9. The van der Waals surface area contributed by atoms with Crippen LogP contribution in [-0.4, -0.2) is 10.8 Å². The second-order valence-electron chi connectivity index (χ2n) is 6.38. The smallest absolute Gasteiger partial charge is 0.340 e. The van der Waals surface area contributed by atoms with Crippen molar-refractivity contribution in [2.24, 2.45) is 12.0 Å². The van der Waals surface area contributed by atoms with E-state index in [2.05, 4.69) is 20.9 Å². The molecule has 8 heteroatoms. The number of hydrogen-bond acceptors (Lipinski definition) is 2. The minimum atomic E-state index is -4.54. The monoisotopic (exact) mass is 467 g/mol. The topological polar surface area (TPSA) is 20.5 Å². The molecule has 2 heterocycles. The van der Waals surface area contributed by atoms with Gasteiger partial charge >= 0.3 is 6.18 Å². The van der Waals surface area contributed by atoms with Gasteiger partial charge in [-0.1, -0.05) is 27.5 Å². The fourth-order valence-corrected chi connectivity index (χ4v) is 3.96. The highest BCUT2D eigenvalue weighted by Gasteiger charge is 2.41. The fraction of sp³-hybridized carbons (Fsp3) is 0.150. The number of nitrogens with zero attached hydrogens (tertiary/aromatic N) is 3. The lowest BCUT2D eigenvalue weighted by molar-refractivity contribution is -0.143. The van der Waals surface area contributed by atoms with Gasteiger partial charge in [0, 0.05) is 51.1 Å². The summed E-state index contributed by atoms with van der Waals surface area (Å²) in [5.74, 6) is 0. The minimum Gasteiger partial charge on any atom is -0.340 e. The SMILES string of the molecule is Cn1c(C(F)(F)F)c(C2N=CC=CN2c2ccc(Br)cc2)c2cc(Cl)ccc21. The van der Waals surface area contributed by atoms with Crippen LogP contribution in [0.4, 0.5) is 18.9 Å². The van der Waals surface area contributed by atoms with Crippen molar-refractivity contribution in [2.45, 2.75) is 12.3 Å². The average molecular weight is 469 g/mol. The normalized spacial score (nSPS) is 16.9. The number of fused-ring (bicyclic) bond motifs is 1. The Balaban J connectivity index is 1.98. The summed E-state index contributed by atoms with van der Waals surface area (Å²) < 4.78 is 44.2. The lowest BCUT2D eigenvalue weighted by atomic mass is 10.1. The first-order chi connectivity index (χ1) is 13.3. The summed E-state index contributed by atoms with van der Waals surface area (Å²) in [7, 11) is 1.41. The van der Waals surface area contributed by atoms with Crippen LogP contribution >= 0.6 is 27.5 Å². The Kier molecular flexibility index (Phi) is 4.75. The van der Waals surface area contributed by atoms with E-state index in [1.807, 2.05) is 24.3 Å². The number of aromatic nitrogens is 1. The summed E-state index contributed by atoms with van der Waals surface area (Å²) in [4.78, 5) is 6.11. The van der Waals surface area contributed by atoms with Gasteiger partial charge < -0.3 is 9.47 Å². The van der Waals surface area contributed by atoms with Crippen molar-refractivity contribution in [3.63, 3.8) is 0 Å². The van der Waals surface area contributed by atoms with Gasteiger partial charge in [0.15, 0.2) is 6.17 Å². The number of benzene rings is 2. The van der Waals surface area contributed by atoms with Gasteiger partial charge in [0.2, 0.25) is 0 Å². The van der Waals surface area contributed by atoms with Gasteiger partial charge in [-0.3, -0.25) is 4.99 Å². The molecule has 1 aliphatic rings. The number of halogens is 5. The molecule has 0 amide bonds. The van der Waals surface area contributed by atoms with Crippen LogP contribution in [0.2, 0.25) is 5.02 Å². The molecular weight excluding hydrogens is 455 g/mol. The Bertz CT molecular complexity index is 1100. The van der Waals surface area contributed by atoms with Crippen LogP contribution < -0.4 is 4.90 Å². The largest absolute Gasteiger partial charge is 0.431 e. The van der Waals surface area contributed by atoms with Crippen molar-refractivity contribution in [1.29, 1.82) is 0 Å². The van der Waals surface area contributed by atoms with Crippen LogP contribution in [0.1, 0.15) is 17.4 Å². The average Bonchev–Trinajstić information content (AvgIpc) is 2.94. The molecule has 0 N–H and O–H groups in total. The van der Waals surface area contributed by atoms with Crippen LogP contribution in [0.5, 0.6) is 0 Å². The number of anilines is 1. The molecule has 144 valence electrons. The molecule has 2 aromatic carbocycles. The number of aryl methyl sites for hydroxylation is 1. The molecule has 1 aromatic heterocycles. The van der Waals surface area contributed by atoms with E-state index in [0.717, 1.165) is 14.7 Å². The van der Waals surface area contributed by atoms with E-state index in [1.165, 1.54) is 13.3 Å². The van der Waals surface area contributed by atoms with Crippen molar-refractivity contribution in [3.05, 3.63) is 75.5 Å². The van der Waals surface area contributed by atoms with Gasteiger partial charge in [0.25, 0.3) is 0 Å². The van der Waals surface area contributed by atoms with E-state index in [4.69, 9.17) is 11.6 Å². The van der Waals surface area contributed by atoms with Crippen molar-refractivity contribution in [1.82, 2.24) is 4.57 Å². The molecule has 28 heavy (non-hydrogen) atoms. The van der Waals surface area contributed by atoms with Gasteiger partial charge in [-0.25, -0.2) is 0 Å². The Morgan fingerprint density at radius 2 is 1.82 bits per heavy atom. The highest BCUT2D eigenvalue weighted by Crippen LogP contribution is 2.44. The van der Waals surface area contributed by atoms with E-state index in [0.29, 0.717) is 15.9 Å². The zero-order valence-corrected chi connectivity index (χ0v) is 16.9. The first-order valence-corrected chi connectivity index (χ1v) is 9.53. The molecule has 0 fully saturated rings. The molecule has 0 radical (unpaired) electrons. The van der Waals surface area contributed by atoms with E-state index < -0.39 is 18.0 Å². The molecule has 1 unspecified atom stereocenters. The van der Waals surface area contributed by atoms with E-state index in [1.54, 1.807) is 35.4 Å². The van der Waals surface area contributed by atoms with E-state index in [-0.39, 0.29) is 5.56 Å². The predicted octanol–water partition coefficient (Wildman–Crippen LogP) is 6.72. The Hall–Kier alpha value is -2.25. The van der Waals surface area contributed by atoms with E-state index >= 15 is 0 Å². The number of rotatable bonds is 2. The summed E-state index contributed by atoms with van der Waals surface area (Å²) in [6.45, 7) is 0. The van der Waals surface area contributed by atoms with Crippen molar-refractivity contribution in [2.75, 3.05) is 4.90 Å². The third-order valence-corrected chi connectivity index (χ3v) is 5.44. The van der Waals surface area contributed by atoms with Gasteiger partial charge in [-0.05, 0) is 48.5 Å². The minimum absolute atomic E-state index is 0.0796. The second-order valence-corrected chi connectivity index (χ2v) is 7.73. The summed E-state index contributed by atoms with van der Waals surface area (Å²) in [6, 6.07) is 12.1. The Morgan fingerprint density at radius 1 is 1.11 bits per heavy atom. The van der Waals surface area contributed by atoms with Gasteiger partial charge in [0.05, 0.1) is 0 Å². The molecular formula is C20H14BrClF3N3. The molecule has 0 spiro atoms. The summed E-state index contributed by atoms with van der Waals surface area (Å²) >= 11 is 9.49. The maximum absolute atomic E-state index is 14.0. The number of alkyl halides is 3. The highest BCUT2D eigenvalue weighted by molar-refractivity contribution is 9.10. The first kappa shape index (κ1) is 19.1. The number of aliphatic imine (C=N–C) groups is 1. The van der Waals surface area contributed by atoms with E-state index in [9.17, 15) is 13.2 Å². The lowest BCUT2D eigenvalue weighted by Gasteiger charge is -2.31. The number of allylic oxidation sites excluding steroid dienone is 1. The van der Waals surface area contributed by atoms with Crippen LogP contribution in [0, 0.1) is 0 Å². The van der Waals surface area contributed by atoms with Gasteiger partial charge in [0.1, 0.15) is 5.69 Å².